The van der Waals surface area contributed by atoms with Gasteiger partial charge in [-0.1, -0.05) is 6.07 Å². The number of ether oxygens (including phenoxy) is 3. The van der Waals surface area contributed by atoms with Crippen LogP contribution in [0.25, 0.3) is 6.08 Å². The molecule has 1 aromatic carbocycles. The number of amides is 1. The number of benzene rings is 1. The zero-order chi connectivity index (χ0) is 13.8. The lowest BCUT2D eigenvalue weighted by molar-refractivity contribution is -0.148. The zero-order valence-corrected chi connectivity index (χ0v) is 10.3. The van der Waals surface area contributed by atoms with Crippen molar-refractivity contribution in [3.63, 3.8) is 0 Å². The van der Waals surface area contributed by atoms with E-state index in [0.717, 1.165) is 5.56 Å². The van der Waals surface area contributed by atoms with Crippen LogP contribution >= 0.6 is 0 Å². The van der Waals surface area contributed by atoms with Crippen molar-refractivity contribution < 1.29 is 23.8 Å². The van der Waals surface area contributed by atoms with Gasteiger partial charge in [0.15, 0.2) is 17.6 Å². The fraction of sp³-hybridized carbons (Fsp3) is 0.231. The van der Waals surface area contributed by atoms with Crippen LogP contribution in [0.4, 0.5) is 0 Å². The van der Waals surface area contributed by atoms with Gasteiger partial charge in [0.2, 0.25) is 6.79 Å². The van der Waals surface area contributed by atoms with Crippen LogP contribution in [-0.2, 0) is 14.3 Å². The first-order valence-corrected chi connectivity index (χ1v) is 5.64. The molecule has 100 valence electrons. The summed E-state index contributed by atoms with van der Waals surface area (Å²) in [4.78, 5) is 22.1. The second-order valence-corrected chi connectivity index (χ2v) is 3.93. The third-order valence-electron chi connectivity index (χ3n) is 2.50. The average Bonchev–Trinajstić information content (AvgIpc) is 2.83. The van der Waals surface area contributed by atoms with Crippen LogP contribution < -0.4 is 15.2 Å². The van der Waals surface area contributed by atoms with Gasteiger partial charge in [0.05, 0.1) is 0 Å². The van der Waals surface area contributed by atoms with Gasteiger partial charge in [0, 0.05) is 6.08 Å². The van der Waals surface area contributed by atoms with Crippen molar-refractivity contribution in [3.8, 4) is 11.5 Å². The van der Waals surface area contributed by atoms with E-state index in [2.05, 4.69) is 0 Å². The Hall–Kier alpha value is -2.50. The number of carbonyl (C=O) groups is 2. The molecule has 1 amide bonds. The highest BCUT2D eigenvalue weighted by Crippen LogP contribution is 2.32. The molecule has 1 atom stereocenters. The molecule has 0 spiro atoms. The second-order valence-electron chi connectivity index (χ2n) is 3.93. The first-order valence-electron chi connectivity index (χ1n) is 5.64. The van der Waals surface area contributed by atoms with Gasteiger partial charge in [0.25, 0.3) is 5.91 Å². The van der Waals surface area contributed by atoms with E-state index in [4.69, 9.17) is 19.9 Å². The van der Waals surface area contributed by atoms with Crippen molar-refractivity contribution in [2.75, 3.05) is 6.79 Å². The fourth-order valence-corrected chi connectivity index (χ4v) is 1.45. The number of nitrogens with two attached hydrogens (primary N) is 1. The highest BCUT2D eigenvalue weighted by atomic mass is 16.7. The number of hydrogen-bond acceptors (Lipinski definition) is 5. The molecule has 2 N–H and O–H groups in total. The Balaban J connectivity index is 1.98. The Morgan fingerprint density at radius 2 is 2.11 bits per heavy atom. The molecule has 2 rings (SSSR count). The molecule has 0 bridgehead atoms. The van der Waals surface area contributed by atoms with Crippen molar-refractivity contribution in [2.24, 2.45) is 5.73 Å². The average molecular weight is 263 g/mol. The molecule has 1 aromatic rings. The summed E-state index contributed by atoms with van der Waals surface area (Å²) in [6, 6.07) is 5.26. The number of carbonyl (C=O) groups excluding carboxylic acids is 2. The number of esters is 1. The van der Waals surface area contributed by atoms with Gasteiger partial charge >= 0.3 is 5.97 Å². The molecule has 1 aliphatic rings. The highest BCUT2D eigenvalue weighted by Gasteiger charge is 2.13. The first kappa shape index (κ1) is 12.9. The lowest BCUT2D eigenvalue weighted by atomic mass is 10.2. The SMILES string of the molecule is C[C@@H](OC(=O)/C=C/c1ccc2c(c1)OCO2)C(N)=O. The number of primary amides is 1. The van der Waals surface area contributed by atoms with Gasteiger partial charge in [-0.3, -0.25) is 4.79 Å². The number of hydrogen-bond donors (Lipinski definition) is 1. The smallest absolute Gasteiger partial charge is 0.331 e. The van der Waals surface area contributed by atoms with E-state index < -0.39 is 18.0 Å². The summed E-state index contributed by atoms with van der Waals surface area (Å²) in [6.45, 7) is 1.61. The maximum absolute atomic E-state index is 11.4. The molecular formula is C13H13NO5. The van der Waals surface area contributed by atoms with Gasteiger partial charge in [-0.25, -0.2) is 4.79 Å². The Morgan fingerprint density at radius 1 is 1.37 bits per heavy atom. The molecule has 1 aliphatic heterocycles. The summed E-state index contributed by atoms with van der Waals surface area (Å²) in [5.41, 5.74) is 5.74. The number of rotatable bonds is 4. The van der Waals surface area contributed by atoms with E-state index in [9.17, 15) is 9.59 Å². The molecule has 0 fully saturated rings. The maximum atomic E-state index is 11.4. The molecule has 0 unspecified atom stereocenters. The van der Waals surface area contributed by atoms with E-state index in [1.165, 1.54) is 13.0 Å². The van der Waals surface area contributed by atoms with E-state index >= 15 is 0 Å². The third kappa shape index (κ3) is 3.25. The molecule has 0 aliphatic carbocycles. The largest absolute Gasteiger partial charge is 0.454 e. The number of fused-ring (bicyclic) bond motifs is 1. The van der Waals surface area contributed by atoms with E-state index in [0.29, 0.717) is 11.5 Å². The highest BCUT2D eigenvalue weighted by molar-refractivity contribution is 5.90. The third-order valence-corrected chi connectivity index (χ3v) is 2.50. The maximum Gasteiger partial charge on any atom is 0.331 e. The summed E-state index contributed by atoms with van der Waals surface area (Å²) in [6.07, 6.45) is 1.82. The molecule has 1 heterocycles. The van der Waals surface area contributed by atoms with Crippen LogP contribution in [0.2, 0.25) is 0 Å². The van der Waals surface area contributed by atoms with Crippen LogP contribution in [0.3, 0.4) is 0 Å². The van der Waals surface area contributed by atoms with Crippen molar-refractivity contribution >= 4 is 18.0 Å². The molecule has 0 radical (unpaired) electrons. The van der Waals surface area contributed by atoms with Crippen LogP contribution in [0.1, 0.15) is 12.5 Å². The van der Waals surface area contributed by atoms with E-state index in [1.54, 1.807) is 24.3 Å². The fourth-order valence-electron chi connectivity index (χ4n) is 1.45. The predicted molar refractivity (Wildman–Crippen MR) is 66.3 cm³/mol. The minimum atomic E-state index is -0.950. The summed E-state index contributed by atoms with van der Waals surface area (Å²) in [5, 5.41) is 0. The van der Waals surface area contributed by atoms with Gasteiger partial charge in [-0.15, -0.1) is 0 Å². The molecular weight excluding hydrogens is 250 g/mol. The molecule has 6 nitrogen and oxygen atoms in total. The predicted octanol–water partition coefficient (Wildman–Crippen LogP) is 0.845. The molecule has 0 saturated carbocycles. The molecule has 0 saturated heterocycles. The zero-order valence-electron chi connectivity index (χ0n) is 10.3. The molecule has 19 heavy (non-hydrogen) atoms. The lowest BCUT2D eigenvalue weighted by Crippen LogP contribution is -2.29. The molecule has 6 heteroatoms. The van der Waals surface area contributed by atoms with Crippen molar-refractivity contribution in [3.05, 3.63) is 29.8 Å². The Labute approximate surface area is 109 Å². The standard InChI is InChI=1S/C13H13NO5/c1-8(13(14)16)19-12(15)5-3-9-2-4-10-11(6-9)18-7-17-10/h2-6,8H,7H2,1H3,(H2,14,16)/b5-3+/t8-/m1/s1. The van der Waals surface area contributed by atoms with Crippen molar-refractivity contribution in [1.29, 1.82) is 0 Å². The van der Waals surface area contributed by atoms with Gasteiger partial charge < -0.3 is 19.9 Å². The lowest BCUT2D eigenvalue weighted by Gasteiger charge is -2.06. The van der Waals surface area contributed by atoms with Crippen LogP contribution in [0, 0.1) is 0 Å². The summed E-state index contributed by atoms with van der Waals surface area (Å²) in [5.74, 6) is -0.0307. The Bertz CT molecular complexity index is 538. The monoisotopic (exact) mass is 263 g/mol. The second kappa shape index (κ2) is 5.43. The Morgan fingerprint density at radius 3 is 2.84 bits per heavy atom. The minimum Gasteiger partial charge on any atom is -0.454 e. The quantitative estimate of drug-likeness (QED) is 0.642. The van der Waals surface area contributed by atoms with Crippen LogP contribution in [0.15, 0.2) is 24.3 Å². The summed E-state index contributed by atoms with van der Waals surface area (Å²) >= 11 is 0. The van der Waals surface area contributed by atoms with E-state index in [1.807, 2.05) is 0 Å². The summed E-state index contributed by atoms with van der Waals surface area (Å²) < 4.78 is 15.1. The van der Waals surface area contributed by atoms with E-state index in [-0.39, 0.29) is 6.79 Å². The Kier molecular flexibility index (Phi) is 3.70. The minimum absolute atomic E-state index is 0.195. The van der Waals surface area contributed by atoms with Crippen molar-refractivity contribution in [2.45, 2.75) is 13.0 Å². The molecule has 0 aromatic heterocycles. The normalized spacial score (nSPS) is 14.4. The van der Waals surface area contributed by atoms with Crippen LogP contribution in [-0.4, -0.2) is 24.8 Å². The van der Waals surface area contributed by atoms with Gasteiger partial charge in [-0.2, -0.15) is 0 Å². The van der Waals surface area contributed by atoms with Gasteiger partial charge in [-0.05, 0) is 30.7 Å². The van der Waals surface area contributed by atoms with Crippen molar-refractivity contribution in [1.82, 2.24) is 0 Å². The van der Waals surface area contributed by atoms with Crippen LogP contribution in [0.5, 0.6) is 11.5 Å². The topological polar surface area (TPSA) is 87.8 Å². The van der Waals surface area contributed by atoms with Gasteiger partial charge in [0.1, 0.15) is 0 Å². The first-order chi connectivity index (χ1) is 9.06. The summed E-state index contributed by atoms with van der Waals surface area (Å²) in [7, 11) is 0.